The molecule has 0 saturated heterocycles. The number of hydrogen-bond donors (Lipinski definition) is 1. The van der Waals surface area contributed by atoms with Crippen LogP contribution in [0.15, 0.2) is 30.5 Å². The van der Waals surface area contributed by atoms with Crippen LogP contribution < -0.4 is 10.1 Å². The monoisotopic (exact) mass is 276 g/mol. The van der Waals surface area contributed by atoms with E-state index in [2.05, 4.69) is 43.2 Å². The zero-order valence-corrected chi connectivity index (χ0v) is 12.7. The highest BCUT2D eigenvalue weighted by Crippen LogP contribution is 2.30. The predicted molar refractivity (Wildman–Crippen MR) is 81.1 cm³/mol. The van der Waals surface area contributed by atoms with Gasteiger partial charge in [-0.2, -0.15) is 0 Å². The number of thiophene rings is 1. The number of hydrogen-bond acceptors (Lipinski definition) is 4. The zero-order valence-electron chi connectivity index (χ0n) is 11.9. The fourth-order valence-electron chi connectivity index (χ4n) is 1.75. The van der Waals surface area contributed by atoms with Crippen LogP contribution in [0, 0.1) is 0 Å². The van der Waals surface area contributed by atoms with Crippen molar-refractivity contribution in [1.82, 2.24) is 4.98 Å². The maximum absolute atomic E-state index is 5.22. The van der Waals surface area contributed by atoms with E-state index < -0.39 is 0 Å². The zero-order chi connectivity index (χ0) is 13.9. The first kappa shape index (κ1) is 13.9. The van der Waals surface area contributed by atoms with Gasteiger partial charge in [0.25, 0.3) is 0 Å². The average Bonchev–Trinajstić information content (AvgIpc) is 2.85. The maximum atomic E-state index is 5.22. The van der Waals surface area contributed by atoms with Crippen LogP contribution in [0.2, 0.25) is 0 Å². The summed E-state index contributed by atoms with van der Waals surface area (Å²) in [4.78, 5) is 6.89. The van der Waals surface area contributed by atoms with Gasteiger partial charge >= 0.3 is 0 Å². The van der Waals surface area contributed by atoms with Crippen LogP contribution in [0.25, 0.3) is 0 Å². The van der Waals surface area contributed by atoms with Crippen LogP contribution in [0.4, 0.5) is 5.69 Å². The Labute approximate surface area is 118 Å². The number of nitrogens with zero attached hydrogens (tertiary/aromatic N) is 1. The van der Waals surface area contributed by atoms with Gasteiger partial charge in [0.05, 0.1) is 12.8 Å². The molecule has 2 aromatic rings. The summed E-state index contributed by atoms with van der Waals surface area (Å²) in [6.07, 6.45) is 1.73. The molecule has 0 aliphatic heterocycles. The van der Waals surface area contributed by atoms with Gasteiger partial charge in [-0.05, 0) is 29.7 Å². The normalized spacial score (nSPS) is 11.4. The molecule has 4 heteroatoms. The Morgan fingerprint density at radius 3 is 2.68 bits per heavy atom. The van der Waals surface area contributed by atoms with E-state index in [4.69, 9.17) is 4.74 Å². The lowest BCUT2D eigenvalue weighted by Crippen LogP contribution is -2.07. The summed E-state index contributed by atoms with van der Waals surface area (Å²) in [5, 5.41) is 3.37. The van der Waals surface area contributed by atoms with Crippen molar-refractivity contribution in [3.63, 3.8) is 0 Å². The molecule has 0 aromatic carbocycles. The third kappa shape index (κ3) is 3.47. The van der Waals surface area contributed by atoms with Gasteiger partial charge in [-0.15, -0.1) is 11.3 Å². The smallest absolute Gasteiger partial charge is 0.237 e. The molecule has 2 heterocycles. The SMILES string of the molecule is COc1ncccc1NCc1ccc(C(C)(C)C)s1. The minimum atomic E-state index is 0.217. The second-order valence-electron chi connectivity index (χ2n) is 5.43. The number of aromatic nitrogens is 1. The quantitative estimate of drug-likeness (QED) is 0.914. The molecule has 3 nitrogen and oxygen atoms in total. The first-order valence-electron chi connectivity index (χ1n) is 6.33. The minimum Gasteiger partial charge on any atom is -0.480 e. The molecule has 19 heavy (non-hydrogen) atoms. The molecule has 0 saturated carbocycles. The van der Waals surface area contributed by atoms with Crippen molar-refractivity contribution in [2.45, 2.75) is 32.7 Å². The van der Waals surface area contributed by atoms with E-state index in [9.17, 15) is 0 Å². The number of pyridine rings is 1. The van der Waals surface area contributed by atoms with E-state index in [1.165, 1.54) is 9.75 Å². The molecular weight excluding hydrogens is 256 g/mol. The Morgan fingerprint density at radius 1 is 1.26 bits per heavy atom. The van der Waals surface area contributed by atoms with Crippen LogP contribution in [-0.2, 0) is 12.0 Å². The van der Waals surface area contributed by atoms with Crippen LogP contribution in [0.1, 0.15) is 30.5 Å². The number of methoxy groups -OCH3 is 1. The highest BCUT2D eigenvalue weighted by molar-refractivity contribution is 7.12. The van der Waals surface area contributed by atoms with Crippen LogP contribution in [0.3, 0.4) is 0 Å². The molecule has 0 bridgehead atoms. The van der Waals surface area contributed by atoms with Crippen molar-refractivity contribution in [2.24, 2.45) is 0 Å². The highest BCUT2D eigenvalue weighted by atomic mass is 32.1. The van der Waals surface area contributed by atoms with Crippen molar-refractivity contribution in [2.75, 3.05) is 12.4 Å². The molecule has 0 aliphatic rings. The van der Waals surface area contributed by atoms with Gasteiger partial charge in [0.2, 0.25) is 5.88 Å². The summed E-state index contributed by atoms with van der Waals surface area (Å²) < 4.78 is 5.22. The van der Waals surface area contributed by atoms with Crippen LogP contribution in [0.5, 0.6) is 5.88 Å². The summed E-state index contributed by atoms with van der Waals surface area (Å²) in [5.74, 6) is 0.634. The second kappa shape index (κ2) is 5.61. The molecule has 102 valence electrons. The van der Waals surface area contributed by atoms with E-state index >= 15 is 0 Å². The topological polar surface area (TPSA) is 34.1 Å². The molecule has 0 amide bonds. The molecule has 2 rings (SSSR count). The lowest BCUT2D eigenvalue weighted by atomic mass is 9.95. The molecule has 2 aromatic heterocycles. The first-order valence-corrected chi connectivity index (χ1v) is 7.14. The first-order chi connectivity index (χ1) is 9.00. The second-order valence-corrected chi connectivity index (χ2v) is 6.60. The number of anilines is 1. The Hall–Kier alpha value is -1.55. The van der Waals surface area contributed by atoms with E-state index in [1.54, 1.807) is 13.3 Å². The molecule has 0 unspecified atom stereocenters. The van der Waals surface area contributed by atoms with E-state index in [-0.39, 0.29) is 5.41 Å². The van der Waals surface area contributed by atoms with Crippen LogP contribution >= 0.6 is 11.3 Å². The Bertz CT molecular complexity index is 543. The summed E-state index contributed by atoms with van der Waals surface area (Å²) >= 11 is 1.85. The van der Waals surface area contributed by atoms with Crippen molar-refractivity contribution < 1.29 is 4.74 Å². The van der Waals surface area contributed by atoms with Gasteiger partial charge in [0, 0.05) is 22.5 Å². The van der Waals surface area contributed by atoms with Crippen molar-refractivity contribution in [3.8, 4) is 5.88 Å². The summed E-state index contributed by atoms with van der Waals surface area (Å²) in [7, 11) is 1.64. The van der Waals surface area contributed by atoms with Gasteiger partial charge in [-0.3, -0.25) is 0 Å². The lowest BCUT2D eigenvalue weighted by molar-refractivity contribution is 0.399. The average molecular weight is 276 g/mol. The van der Waals surface area contributed by atoms with E-state index in [1.807, 2.05) is 23.5 Å². The lowest BCUT2D eigenvalue weighted by Gasteiger charge is -2.15. The number of ether oxygens (including phenoxy) is 1. The summed E-state index contributed by atoms with van der Waals surface area (Å²) in [6.45, 7) is 7.50. The Morgan fingerprint density at radius 2 is 2.05 bits per heavy atom. The van der Waals surface area contributed by atoms with Gasteiger partial charge < -0.3 is 10.1 Å². The molecule has 1 N–H and O–H groups in total. The minimum absolute atomic E-state index is 0.217. The molecular formula is C15H20N2OS. The summed E-state index contributed by atoms with van der Waals surface area (Å²) in [5.41, 5.74) is 1.14. The van der Waals surface area contributed by atoms with Crippen molar-refractivity contribution in [3.05, 3.63) is 40.2 Å². The van der Waals surface area contributed by atoms with Gasteiger partial charge in [0.15, 0.2) is 0 Å². The van der Waals surface area contributed by atoms with Gasteiger partial charge in [-0.25, -0.2) is 4.98 Å². The van der Waals surface area contributed by atoms with E-state index in [0.29, 0.717) is 5.88 Å². The largest absolute Gasteiger partial charge is 0.480 e. The fourth-order valence-corrected chi connectivity index (χ4v) is 2.75. The number of rotatable bonds is 4. The number of nitrogens with one attached hydrogen (secondary N) is 1. The third-order valence-electron chi connectivity index (χ3n) is 2.82. The summed E-state index contributed by atoms with van der Waals surface area (Å²) in [6, 6.07) is 8.27. The molecule has 0 radical (unpaired) electrons. The molecule has 0 fully saturated rings. The Balaban J connectivity index is 2.05. The molecule has 0 aliphatic carbocycles. The molecule has 0 spiro atoms. The van der Waals surface area contributed by atoms with Crippen molar-refractivity contribution in [1.29, 1.82) is 0 Å². The van der Waals surface area contributed by atoms with Gasteiger partial charge in [0.1, 0.15) is 0 Å². The van der Waals surface area contributed by atoms with E-state index in [0.717, 1.165) is 12.2 Å². The predicted octanol–water partition coefficient (Wildman–Crippen LogP) is 4.06. The van der Waals surface area contributed by atoms with Gasteiger partial charge in [-0.1, -0.05) is 20.8 Å². The molecule has 0 atom stereocenters. The fraction of sp³-hybridized carbons (Fsp3) is 0.400. The van der Waals surface area contributed by atoms with Crippen LogP contribution in [-0.4, -0.2) is 12.1 Å². The Kier molecular flexibility index (Phi) is 4.10. The third-order valence-corrected chi connectivity index (χ3v) is 4.33. The highest BCUT2D eigenvalue weighted by Gasteiger charge is 2.16. The standard InChI is InChI=1S/C15H20N2OS/c1-15(2,3)13-8-7-11(19-13)10-17-12-6-5-9-16-14(12)18-4/h5-9,17H,10H2,1-4H3. The van der Waals surface area contributed by atoms with Crippen molar-refractivity contribution >= 4 is 17.0 Å². The maximum Gasteiger partial charge on any atom is 0.237 e.